The number of sulfonamides is 2. The van der Waals surface area contributed by atoms with Gasteiger partial charge in [0, 0.05) is 32.7 Å². The van der Waals surface area contributed by atoms with E-state index in [1.807, 2.05) is 0 Å². The SMILES string of the molecule is COC(=O)C(CNS(=O)(=O)c1ccc(O)cc1)N1CCN(S(C)(=O)=O)CC1. The molecule has 27 heavy (non-hydrogen) atoms. The molecule has 1 atom stereocenters. The van der Waals surface area contributed by atoms with E-state index in [2.05, 4.69) is 4.72 Å². The lowest BCUT2D eigenvalue weighted by molar-refractivity contribution is -0.147. The number of hydrogen-bond acceptors (Lipinski definition) is 8. The zero-order valence-corrected chi connectivity index (χ0v) is 16.7. The summed E-state index contributed by atoms with van der Waals surface area (Å²) in [4.78, 5) is 13.8. The van der Waals surface area contributed by atoms with E-state index >= 15 is 0 Å². The Morgan fingerprint density at radius 3 is 2.19 bits per heavy atom. The highest BCUT2D eigenvalue weighted by atomic mass is 32.2. The van der Waals surface area contributed by atoms with Crippen LogP contribution < -0.4 is 4.72 Å². The first-order valence-electron chi connectivity index (χ1n) is 8.10. The van der Waals surface area contributed by atoms with Crippen LogP contribution in [0.1, 0.15) is 0 Å². The summed E-state index contributed by atoms with van der Waals surface area (Å²) in [5.41, 5.74) is 0. The van der Waals surface area contributed by atoms with Crippen LogP contribution in [0.4, 0.5) is 0 Å². The number of esters is 1. The Labute approximate surface area is 158 Å². The fraction of sp³-hybridized carbons (Fsp3) is 0.533. The minimum atomic E-state index is -3.89. The van der Waals surface area contributed by atoms with E-state index in [1.165, 1.54) is 35.7 Å². The molecular formula is C15H23N3O7S2. The Bertz CT molecular complexity index is 861. The molecule has 0 aromatic heterocycles. The molecule has 0 saturated carbocycles. The van der Waals surface area contributed by atoms with Crippen molar-refractivity contribution in [1.29, 1.82) is 0 Å². The number of piperazine rings is 1. The maximum atomic E-state index is 12.4. The second kappa shape index (κ2) is 8.52. The van der Waals surface area contributed by atoms with Gasteiger partial charge in [-0.15, -0.1) is 0 Å². The van der Waals surface area contributed by atoms with Crippen molar-refractivity contribution in [2.45, 2.75) is 10.9 Å². The smallest absolute Gasteiger partial charge is 0.324 e. The number of methoxy groups -OCH3 is 1. The van der Waals surface area contributed by atoms with E-state index in [0.29, 0.717) is 0 Å². The number of nitrogens with zero attached hydrogens (tertiary/aromatic N) is 2. The maximum absolute atomic E-state index is 12.4. The van der Waals surface area contributed by atoms with Crippen LogP contribution in [0, 0.1) is 0 Å². The van der Waals surface area contributed by atoms with Crippen LogP contribution >= 0.6 is 0 Å². The number of ether oxygens (including phenoxy) is 1. The zero-order valence-electron chi connectivity index (χ0n) is 15.0. The average molecular weight is 421 g/mol. The van der Waals surface area contributed by atoms with Gasteiger partial charge in [0.25, 0.3) is 0 Å². The van der Waals surface area contributed by atoms with Crippen LogP contribution in [-0.2, 0) is 29.6 Å². The third kappa shape index (κ3) is 5.62. The molecule has 1 aliphatic heterocycles. The Morgan fingerprint density at radius 2 is 1.70 bits per heavy atom. The third-order valence-corrected chi connectivity index (χ3v) is 7.01. The van der Waals surface area contributed by atoms with Crippen molar-refractivity contribution < 1.29 is 31.5 Å². The molecule has 0 bridgehead atoms. The molecule has 2 N–H and O–H groups in total. The fourth-order valence-electron chi connectivity index (χ4n) is 2.74. The molecule has 1 aromatic carbocycles. The van der Waals surface area contributed by atoms with Crippen LogP contribution in [0.3, 0.4) is 0 Å². The van der Waals surface area contributed by atoms with Crippen molar-refractivity contribution in [3.63, 3.8) is 0 Å². The topological polar surface area (TPSA) is 133 Å². The van der Waals surface area contributed by atoms with Crippen molar-refractivity contribution in [3.05, 3.63) is 24.3 Å². The summed E-state index contributed by atoms with van der Waals surface area (Å²) in [6.07, 6.45) is 1.12. The van der Waals surface area contributed by atoms with Gasteiger partial charge < -0.3 is 9.84 Å². The van der Waals surface area contributed by atoms with E-state index in [1.54, 1.807) is 4.90 Å². The van der Waals surface area contributed by atoms with Gasteiger partial charge >= 0.3 is 5.97 Å². The Kier molecular flexibility index (Phi) is 6.81. The van der Waals surface area contributed by atoms with Crippen LogP contribution in [0.5, 0.6) is 5.75 Å². The standard InChI is InChI=1S/C15H23N3O7S2/c1-25-15(20)14(17-7-9-18(10-8-17)26(2,21)22)11-16-27(23,24)13-5-3-12(19)4-6-13/h3-6,14,16,19H,7-11H2,1-2H3. The van der Waals surface area contributed by atoms with Gasteiger partial charge in [-0.05, 0) is 24.3 Å². The van der Waals surface area contributed by atoms with Gasteiger partial charge in [-0.1, -0.05) is 0 Å². The van der Waals surface area contributed by atoms with Gasteiger partial charge in [0.15, 0.2) is 0 Å². The van der Waals surface area contributed by atoms with Gasteiger partial charge in [-0.3, -0.25) is 9.69 Å². The average Bonchev–Trinajstić information content (AvgIpc) is 2.61. The molecule has 1 heterocycles. The number of rotatable bonds is 7. The van der Waals surface area contributed by atoms with Gasteiger partial charge in [-0.2, -0.15) is 4.31 Å². The van der Waals surface area contributed by atoms with E-state index in [0.717, 1.165) is 6.26 Å². The lowest BCUT2D eigenvalue weighted by Crippen LogP contribution is -2.56. The molecular weight excluding hydrogens is 398 g/mol. The van der Waals surface area contributed by atoms with Gasteiger partial charge in [0.2, 0.25) is 20.0 Å². The van der Waals surface area contributed by atoms with Crippen molar-refractivity contribution in [2.75, 3.05) is 46.1 Å². The Balaban J connectivity index is 2.07. The molecule has 10 nitrogen and oxygen atoms in total. The van der Waals surface area contributed by atoms with Gasteiger partial charge in [0.1, 0.15) is 11.8 Å². The van der Waals surface area contributed by atoms with E-state index in [9.17, 15) is 26.7 Å². The van der Waals surface area contributed by atoms with E-state index < -0.39 is 32.1 Å². The summed E-state index contributed by atoms with van der Waals surface area (Å²) >= 11 is 0. The number of nitrogens with one attached hydrogen (secondary N) is 1. The minimum absolute atomic E-state index is 0.0502. The normalized spacial score (nSPS) is 18.1. The molecule has 0 aliphatic carbocycles. The first-order chi connectivity index (χ1) is 12.5. The number of phenols is 1. The molecule has 1 saturated heterocycles. The van der Waals surface area contributed by atoms with Crippen molar-refractivity contribution in [1.82, 2.24) is 13.9 Å². The highest BCUT2D eigenvalue weighted by molar-refractivity contribution is 7.89. The number of phenolic OH excluding ortho intramolecular Hbond substituents is 1. The van der Waals surface area contributed by atoms with Crippen molar-refractivity contribution >= 4 is 26.0 Å². The molecule has 1 aliphatic rings. The lowest BCUT2D eigenvalue weighted by atomic mass is 10.2. The van der Waals surface area contributed by atoms with Crippen LogP contribution in [0.25, 0.3) is 0 Å². The Hall–Kier alpha value is -1.73. The van der Waals surface area contributed by atoms with Crippen molar-refractivity contribution in [2.24, 2.45) is 0 Å². The molecule has 152 valence electrons. The molecule has 1 fully saturated rings. The lowest BCUT2D eigenvalue weighted by Gasteiger charge is -2.36. The second-order valence-corrected chi connectivity index (χ2v) is 9.83. The van der Waals surface area contributed by atoms with Crippen LogP contribution in [0.2, 0.25) is 0 Å². The summed E-state index contributed by atoms with van der Waals surface area (Å²) < 4.78 is 56.4. The molecule has 12 heteroatoms. The van der Waals surface area contributed by atoms with Gasteiger partial charge in [0.05, 0.1) is 18.3 Å². The monoisotopic (exact) mass is 421 g/mol. The van der Waals surface area contributed by atoms with Gasteiger partial charge in [-0.25, -0.2) is 21.6 Å². The number of carbonyl (C=O) groups is 1. The number of benzene rings is 1. The predicted octanol–water partition coefficient (Wildman–Crippen LogP) is -1.21. The molecule has 0 amide bonds. The summed E-state index contributed by atoms with van der Waals surface area (Å²) in [5, 5.41) is 9.26. The van der Waals surface area contributed by atoms with E-state index in [-0.39, 0.29) is 43.4 Å². The van der Waals surface area contributed by atoms with Crippen LogP contribution in [0.15, 0.2) is 29.2 Å². The Morgan fingerprint density at radius 1 is 1.15 bits per heavy atom. The zero-order chi connectivity index (χ0) is 20.2. The highest BCUT2D eigenvalue weighted by Crippen LogP contribution is 2.15. The third-order valence-electron chi connectivity index (χ3n) is 4.27. The number of aromatic hydroxyl groups is 1. The summed E-state index contributed by atoms with van der Waals surface area (Å²) in [6.45, 7) is 0.727. The summed E-state index contributed by atoms with van der Waals surface area (Å²) in [6, 6.07) is 4.10. The predicted molar refractivity (Wildman–Crippen MR) is 97.1 cm³/mol. The van der Waals surface area contributed by atoms with E-state index in [4.69, 9.17) is 4.74 Å². The molecule has 2 rings (SSSR count). The number of carbonyl (C=O) groups excluding carboxylic acids is 1. The fourth-order valence-corrected chi connectivity index (χ4v) is 4.61. The first-order valence-corrected chi connectivity index (χ1v) is 11.4. The highest BCUT2D eigenvalue weighted by Gasteiger charge is 2.33. The minimum Gasteiger partial charge on any atom is -0.508 e. The number of hydrogen-bond donors (Lipinski definition) is 2. The molecule has 1 aromatic rings. The second-order valence-electron chi connectivity index (χ2n) is 6.08. The summed E-state index contributed by atoms with van der Waals surface area (Å²) in [5.74, 6) is -0.679. The largest absolute Gasteiger partial charge is 0.508 e. The first kappa shape index (κ1) is 21.6. The maximum Gasteiger partial charge on any atom is 0.324 e. The molecule has 0 radical (unpaired) electrons. The van der Waals surface area contributed by atoms with Crippen LogP contribution in [-0.4, -0.2) is 89.2 Å². The summed E-state index contributed by atoms with van der Waals surface area (Å²) in [7, 11) is -6.00. The molecule has 0 spiro atoms. The quantitative estimate of drug-likeness (QED) is 0.524. The van der Waals surface area contributed by atoms with Crippen molar-refractivity contribution in [3.8, 4) is 5.75 Å². The molecule has 1 unspecified atom stereocenters.